The lowest BCUT2D eigenvalue weighted by Gasteiger charge is -2.20. The number of rotatable bonds is 7. The zero-order valence-electron chi connectivity index (χ0n) is 11.7. The Labute approximate surface area is 115 Å². The molecule has 19 heavy (non-hydrogen) atoms. The third-order valence-corrected chi connectivity index (χ3v) is 3.60. The van der Waals surface area contributed by atoms with Crippen LogP contribution in [0.15, 0.2) is 24.3 Å². The monoisotopic (exact) mass is 258 g/mol. The quantitative estimate of drug-likeness (QED) is 0.815. The molecule has 2 rings (SSSR count). The topological polar surface area (TPSA) is 45.0 Å². The summed E-state index contributed by atoms with van der Waals surface area (Å²) in [4.78, 5) is 0. The van der Waals surface area contributed by atoms with Gasteiger partial charge in [0, 0.05) is 12.1 Å². The lowest BCUT2D eigenvalue weighted by atomic mass is 10.1. The molecule has 1 fully saturated rings. The van der Waals surface area contributed by atoms with E-state index in [4.69, 9.17) is 10.00 Å². The van der Waals surface area contributed by atoms with Gasteiger partial charge in [0.2, 0.25) is 0 Å². The highest BCUT2D eigenvalue weighted by molar-refractivity contribution is 5.29. The average molecular weight is 258 g/mol. The van der Waals surface area contributed by atoms with Crippen molar-refractivity contribution >= 4 is 0 Å². The largest absolute Gasteiger partial charge is 0.479 e. The van der Waals surface area contributed by atoms with E-state index in [1.54, 1.807) is 0 Å². The summed E-state index contributed by atoms with van der Waals surface area (Å²) in [5.74, 6) is 1.71. The fourth-order valence-corrected chi connectivity index (χ4v) is 2.41. The second-order valence-corrected chi connectivity index (χ2v) is 5.48. The highest BCUT2D eigenvalue weighted by atomic mass is 16.5. The Morgan fingerprint density at radius 3 is 2.58 bits per heavy atom. The van der Waals surface area contributed by atoms with Crippen LogP contribution in [-0.2, 0) is 0 Å². The Hall–Kier alpha value is -1.53. The van der Waals surface area contributed by atoms with Crippen molar-refractivity contribution < 1.29 is 4.74 Å². The fraction of sp³-hybridized carbons (Fsp3) is 0.562. The summed E-state index contributed by atoms with van der Waals surface area (Å²) in [5.41, 5.74) is 1.26. The molecule has 0 spiro atoms. The summed E-state index contributed by atoms with van der Waals surface area (Å²) < 4.78 is 5.25. The molecule has 1 saturated carbocycles. The van der Waals surface area contributed by atoms with E-state index in [0.717, 1.165) is 11.7 Å². The Balaban J connectivity index is 1.83. The maximum atomic E-state index is 8.46. The first-order chi connectivity index (χ1) is 9.19. The molecular formula is C16H22N2O. The Bertz CT molecular complexity index is 431. The van der Waals surface area contributed by atoms with Gasteiger partial charge in [0.15, 0.2) is 6.61 Å². The van der Waals surface area contributed by atoms with Crippen LogP contribution in [0.3, 0.4) is 0 Å². The number of nitrogens with one attached hydrogen (secondary N) is 1. The van der Waals surface area contributed by atoms with Crippen molar-refractivity contribution in [1.29, 1.82) is 5.26 Å². The first-order valence-corrected chi connectivity index (χ1v) is 7.05. The van der Waals surface area contributed by atoms with E-state index < -0.39 is 0 Å². The standard InChI is InChI=1S/C16H22N2O/c1-12(11-14-3-4-14)18-13(2)15-5-7-16(8-6-15)19-10-9-17/h5-8,12-14,18H,3-4,10-11H2,1-2H3. The zero-order chi connectivity index (χ0) is 13.7. The lowest BCUT2D eigenvalue weighted by molar-refractivity contribution is 0.367. The van der Waals surface area contributed by atoms with E-state index >= 15 is 0 Å². The molecule has 1 aromatic rings. The van der Waals surface area contributed by atoms with Crippen LogP contribution in [0.25, 0.3) is 0 Å². The normalized spacial score (nSPS) is 17.5. The van der Waals surface area contributed by atoms with Gasteiger partial charge in [-0.1, -0.05) is 25.0 Å². The highest BCUT2D eigenvalue weighted by Gasteiger charge is 2.24. The predicted molar refractivity (Wildman–Crippen MR) is 75.9 cm³/mol. The lowest BCUT2D eigenvalue weighted by Crippen LogP contribution is -2.29. The average Bonchev–Trinajstić information content (AvgIpc) is 3.20. The molecule has 0 aliphatic heterocycles. The Morgan fingerprint density at radius 1 is 1.32 bits per heavy atom. The Morgan fingerprint density at radius 2 is 2.00 bits per heavy atom. The summed E-state index contributed by atoms with van der Waals surface area (Å²) in [6, 6.07) is 10.9. The van der Waals surface area contributed by atoms with E-state index in [-0.39, 0.29) is 6.61 Å². The molecule has 3 heteroatoms. The van der Waals surface area contributed by atoms with Crippen LogP contribution < -0.4 is 10.1 Å². The molecule has 1 aliphatic rings. The maximum absolute atomic E-state index is 8.46. The molecule has 1 aromatic carbocycles. The minimum Gasteiger partial charge on any atom is -0.479 e. The van der Waals surface area contributed by atoms with Gasteiger partial charge in [-0.15, -0.1) is 0 Å². The molecule has 2 unspecified atom stereocenters. The molecule has 1 aliphatic carbocycles. The molecular weight excluding hydrogens is 236 g/mol. The molecule has 0 bridgehead atoms. The minimum absolute atomic E-state index is 0.103. The van der Waals surface area contributed by atoms with E-state index in [0.29, 0.717) is 12.1 Å². The summed E-state index contributed by atoms with van der Waals surface area (Å²) >= 11 is 0. The SMILES string of the molecule is CC(CC1CC1)NC(C)c1ccc(OCC#N)cc1. The molecule has 0 saturated heterocycles. The molecule has 0 amide bonds. The van der Waals surface area contributed by atoms with Crippen molar-refractivity contribution in [3.8, 4) is 11.8 Å². The highest BCUT2D eigenvalue weighted by Crippen LogP contribution is 2.33. The van der Waals surface area contributed by atoms with E-state index in [2.05, 4.69) is 31.3 Å². The van der Waals surface area contributed by atoms with Crippen LogP contribution in [0.4, 0.5) is 0 Å². The third-order valence-electron chi connectivity index (χ3n) is 3.60. The van der Waals surface area contributed by atoms with E-state index in [1.807, 2.05) is 18.2 Å². The van der Waals surface area contributed by atoms with Crippen molar-refractivity contribution in [2.24, 2.45) is 5.92 Å². The number of hydrogen-bond acceptors (Lipinski definition) is 3. The van der Waals surface area contributed by atoms with Crippen LogP contribution in [0, 0.1) is 17.2 Å². The van der Waals surface area contributed by atoms with Crippen LogP contribution in [0.2, 0.25) is 0 Å². The van der Waals surface area contributed by atoms with E-state index in [9.17, 15) is 0 Å². The van der Waals surface area contributed by atoms with Gasteiger partial charge in [-0.05, 0) is 43.9 Å². The predicted octanol–water partition coefficient (Wildman–Crippen LogP) is 3.43. The van der Waals surface area contributed by atoms with Crippen molar-refractivity contribution in [2.45, 2.75) is 45.2 Å². The van der Waals surface area contributed by atoms with Crippen molar-refractivity contribution in [1.82, 2.24) is 5.32 Å². The van der Waals surface area contributed by atoms with Crippen LogP contribution in [-0.4, -0.2) is 12.6 Å². The number of hydrogen-bond donors (Lipinski definition) is 1. The van der Waals surface area contributed by atoms with E-state index in [1.165, 1.54) is 24.8 Å². The molecule has 102 valence electrons. The summed E-state index contributed by atoms with van der Waals surface area (Å²) in [5, 5.41) is 12.1. The number of nitrogens with zero attached hydrogens (tertiary/aromatic N) is 1. The van der Waals surface area contributed by atoms with Gasteiger partial charge >= 0.3 is 0 Å². The Kier molecular flexibility index (Phi) is 4.81. The van der Waals surface area contributed by atoms with Crippen molar-refractivity contribution in [3.05, 3.63) is 29.8 Å². The minimum atomic E-state index is 0.103. The van der Waals surface area contributed by atoms with Gasteiger partial charge in [0.1, 0.15) is 11.8 Å². The van der Waals surface area contributed by atoms with Crippen LogP contribution in [0.1, 0.15) is 44.7 Å². The van der Waals surface area contributed by atoms with Gasteiger partial charge in [-0.3, -0.25) is 0 Å². The molecule has 0 aromatic heterocycles. The second-order valence-electron chi connectivity index (χ2n) is 5.48. The zero-order valence-corrected chi connectivity index (χ0v) is 11.7. The summed E-state index contributed by atoms with van der Waals surface area (Å²) in [6.07, 6.45) is 4.10. The van der Waals surface area contributed by atoms with Crippen LogP contribution >= 0.6 is 0 Å². The third kappa shape index (κ3) is 4.57. The molecule has 2 atom stereocenters. The smallest absolute Gasteiger partial charge is 0.174 e. The summed E-state index contributed by atoms with van der Waals surface area (Å²) in [6.45, 7) is 4.55. The van der Waals surface area contributed by atoms with Gasteiger partial charge in [-0.25, -0.2) is 0 Å². The maximum Gasteiger partial charge on any atom is 0.174 e. The molecule has 1 N–H and O–H groups in total. The molecule has 0 heterocycles. The fourth-order valence-electron chi connectivity index (χ4n) is 2.41. The van der Waals surface area contributed by atoms with Crippen molar-refractivity contribution in [2.75, 3.05) is 6.61 Å². The van der Waals surface area contributed by atoms with Gasteiger partial charge in [0.05, 0.1) is 0 Å². The molecule has 0 radical (unpaired) electrons. The van der Waals surface area contributed by atoms with Gasteiger partial charge < -0.3 is 10.1 Å². The van der Waals surface area contributed by atoms with Gasteiger partial charge in [0.25, 0.3) is 0 Å². The number of benzene rings is 1. The second kappa shape index (κ2) is 6.58. The van der Waals surface area contributed by atoms with Gasteiger partial charge in [-0.2, -0.15) is 5.26 Å². The summed E-state index contributed by atoms with van der Waals surface area (Å²) in [7, 11) is 0. The van der Waals surface area contributed by atoms with Crippen molar-refractivity contribution in [3.63, 3.8) is 0 Å². The van der Waals surface area contributed by atoms with Crippen LogP contribution in [0.5, 0.6) is 5.75 Å². The number of nitriles is 1. The number of ether oxygens (including phenoxy) is 1. The first-order valence-electron chi connectivity index (χ1n) is 7.05. The first kappa shape index (κ1) is 13.9. The molecule has 3 nitrogen and oxygen atoms in total.